The lowest BCUT2D eigenvalue weighted by Gasteiger charge is -2.22. The van der Waals surface area contributed by atoms with Crippen molar-refractivity contribution in [1.82, 2.24) is 10.6 Å². The molecule has 0 radical (unpaired) electrons. The van der Waals surface area contributed by atoms with Crippen molar-refractivity contribution in [2.24, 2.45) is 4.99 Å². The fourth-order valence-electron chi connectivity index (χ4n) is 2.46. The van der Waals surface area contributed by atoms with Crippen molar-refractivity contribution in [3.8, 4) is 0 Å². The van der Waals surface area contributed by atoms with Gasteiger partial charge in [-0.25, -0.2) is 0 Å². The Kier molecular flexibility index (Phi) is 7.90. The summed E-state index contributed by atoms with van der Waals surface area (Å²) in [6.07, 6.45) is 3.44. The summed E-state index contributed by atoms with van der Waals surface area (Å²) in [5.74, 6) is 0.846. The maximum absolute atomic E-state index is 5.94. The molecular formula is C18H29N3O2. The molecule has 1 saturated heterocycles. The quantitative estimate of drug-likeness (QED) is 0.599. The fraction of sp³-hybridized carbons (Fsp3) is 0.611. The van der Waals surface area contributed by atoms with Gasteiger partial charge in [-0.1, -0.05) is 31.2 Å². The maximum Gasteiger partial charge on any atom is 0.191 e. The molecule has 1 aromatic carbocycles. The van der Waals surface area contributed by atoms with E-state index < -0.39 is 0 Å². The minimum Gasteiger partial charge on any atom is -0.381 e. The van der Waals surface area contributed by atoms with Gasteiger partial charge in [0.05, 0.1) is 12.7 Å². The van der Waals surface area contributed by atoms with Gasteiger partial charge in [-0.15, -0.1) is 0 Å². The first-order valence-corrected chi connectivity index (χ1v) is 8.53. The van der Waals surface area contributed by atoms with Crippen molar-refractivity contribution in [3.05, 3.63) is 35.4 Å². The van der Waals surface area contributed by atoms with Crippen LogP contribution in [0.25, 0.3) is 0 Å². The summed E-state index contributed by atoms with van der Waals surface area (Å²) in [6, 6.07) is 8.56. The van der Waals surface area contributed by atoms with Gasteiger partial charge in [0.2, 0.25) is 0 Å². The molecule has 0 spiro atoms. The largest absolute Gasteiger partial charge is 0.381 e. The van der Waals surface area contributed by atoms with Crippen molar-refractivity contribution in [2.75, 3.05) is 26.8 Å². The summed E-state index contributed by atoms with van der Waals surface area (Å²) >= 11 is 0. The van der Waals surface area contributed by atoms with E-state index in [2.05, 4.69) is 46.8 Å². The minimum absolute atomic E-state index is 0.345. The van der Waals surface area contributed by atoms with E-state index in [9.17, 15) is 0 Å². The van der Waals surface area contributed by atoms with Crippen molar-refractivity contribution < 1.29 is 9.47 Å². The number of hydrogen-bond donors (Lipinski definition) is 2. The Morgan fingerprint density at radius 2 is 1.87 bits per heavy atom. The Balaban J connectivity index is 1.73. The second-order valence-corrected chi connectivity index (χ2v) is 5.79. The van der Waals surface area contributed by atoms with Crippen LogP contribution in [-0.2, 0) is 22.6 Å². The molecule has 0 aromatic heterocycles. The van der Waals surface area contributed by atoms with Gasteiger partial charge in [-0.2, -0.15) is 0 Å². The third kappa shape index (κ3) is 6.59. The molecule has 1 aromatic rings. The average molecular weight is 319 g/mol. The molecule has 1 aliphatic heterocycles. The minimum atomic E-state index is 0.345. The Morgan fingerprint density at radius 1 is 1.17 bits per heavy atom. The molecule has 1 fully saturated rings. The lowest BCUT2D eigenvalue weighted by molar-refractivity contribution is -0.0390. The summed E-state index contributed by atoms with van der Waals surface area (Å²) in [6.45, 7) is 6.16. The van der Waals surface area contributed by atoms with Crippen molar-refractivity contribution in [2.45, 2.75) is 45.4 Å². The number of ether oxygens (including phenoxy) is 2. The topological polar surface area (TPSA) is 54.9 Å². The van der Waals surface area contributed by atoms with Gasteiger partial charge in [-0.05, 0) is 30.4 Å². The number of nitrogens with zero attached hydrogens (tertiary/aromatic N) is 1. The van der Waals surface area contributed by atoms with E-state index in [0.29, 0.717) is 12.7 Å². The first kappa shape index (κ1) is 17.8. The maximum atomic E-state index is 5.94. The Morgan fingerprint density at radius 3 is 2.52 bits per heavy atom. The van der Waals surface area contributed by atoms with E-state index in [-0.39, 0.29) is 0 Å². The molecule has 0 unspecified atom stereocenters. The molecule has 128 valence electrons. The van der Waals surface area contributed by atoms with Crippen LogP contribution in [0.2, 0.25) is 0 Å². The van der Waals surface area contributed by atoms with E-state index in [0.717, 1.165) is 51.5 Å². The summed E-state index contributed by atoms with van der Waals surface area (Å²) in [5.41, 5.74) is 2.45. The highest BCUT2D eigenvalue weighted by Crippen LogP contribution is 2.14. The monoisotopic (exact) mass is 319 g/mol. The molecule has 0 aliphatic carbocycles. The lowest BCUT2D eigenvalue weighted by atomic mass is 10.1. The Hall–Kier alpha value is -1.59. The highest BCUT2D eigenvalue weighted by Gasteiger charge is 2.13. The van der Waals surface area contributed by atoms with Crippen LogP contribution in [0.1, 0.15) is 37.3 Å². The second kappa shape index (κ2) is 10.2. The number of hydrogen-bond acceptors (Lipinski definition) is 3. The number of nitrogens with one attached hydrogen (secondary N) is 2. The predicted octanol–water partition coefficient (Wildman–Crippen LogP) is 2.46. The number of guanidine groups is 1. The molecule has 5 heteroatoms. The zero-order valence-corrected chi connectivity index (χ0v) is 14.3. The molecule has 1 heterocycles. The van der Waals surface area contributed by atoms with E-state index in [1.54, 1.807) is 7.05 Å². The zero-order chi connectivity index (χ0) is 16.3. The second-order valence-electron chi connectivity index (χ2n) is 5.79. The highest BCUT2D eigenvalue weighted by molar-refractivity contribution is 5.79. The number of aliphatic imine (C=N–C) groups is 1. The SMILES string of the molecule is CCCNC(=NC)NCc1ccc(COC2CCOCC2)cc1. The van der Waals surface area contributed by atoms with Gasteiger partial charge < -0.3 is 20.1 Å². The molecule has 0 atom stereocenters. The predicted molar refractivity (Wildman–Crippen MR) is 93.6 cm³/mol. The number of rotatable bonds is 7. The number of benzene rings is 1. The molecule has 2 rings (SSSR count). The van der Waals surface area contributed by atoms with Gasteiger partial charge in [-0.3, -0.25) is 4.99 Å². The molecule has 2 N–H and O–H groups in total. The Bertz CT molecular complexity index is 468. The van der Waals surface area contributed by atoms with Gasteiger partial charge in [0, 0.05) is 33.4 Å². The Labute approximate surface area is 139 Å². The highest BCUT2D eigenvalue weighted by atomic mass is 16.5. The van der Waals surface area contributed by atoms with Gasteiger partial charge in [0.1, 0.15) is 0 Å². The van der Waals surface area contributed by atoms with Crippen LogP contribution in [0, 0.1) is 0 Å². The van der Waals surface area contributed by atoms with Crippen LogP contribution >= 0.6 is 0 Å². The standard InChI is InChI=1S/C18H29N3O2/c1-3-10-20-18(19-2)21-13-15-4-6-16(7-5-15)14-23-17-8-11-22-12-9-17/h4-7,17H,3,8-14H2,1-2H3,(H2,19,20,21). The van der Waals surface area contributed by atoms with Gasteiger partial charge in [0.25, 0.3) is 0 Å². The van der Waals surface area contributed by atoms with Crippen molar-refractivity contribution >= 4 is 5.96 Å². The lowest BCUT2D eigenvalue weighted by Crippen LogP contribution is -2.37. The van der Waals surface area contributed by atoms with E-state index in [4.69, 9.17) is 9.47 Å². The van der Waals surface area contributed by atoms with E-state index >= 15 is 0 Å². The summed E-state index contributed by atoms with van der Waals surface area (Å²) in [5, 5.41) is 6.58. The van der Waals surface area contributed by atoms with Crippen LogP contribution in [0.3, 0.4) is 0 Å². The molecule has 1 aliphatic rings. The van der Waals surface area contributed by atoms with E-state index in [1.807, 2.05) is 0 Å². The van der Waals surface area contributed by atoms with Gasteiger partial charge >= 0.3 is 0 Å². The van der Waals surface area contributed by atoms with Crippen LogP contribution in [-0.4, -0.2) is 38.9 Å². The summed E-state index contributed by atoms with van der Waals surface area (Å²) < 4.78 is 11.3. The zero-order valence-electron chi connectivity index (χ0n) is 14.3. The fourth-order valence-corrected chi connectivity index (χ4v) is 2.46. The van der Waals surface area contributed by atoms with Crippen molar-refractivity contribution in [3.63, 3.8) is 0 Å². The molecule has 0 bridgehead atoms. The third-order valence-corrected chi connectivity index (χ3v) is 3.90. The molecule has 23 heavy (non-hydrogen) atoms. The van der Waals surface area contributed by atoms with Crippen LogP contribution in [0.5, 0.6) is 0 Å². The van der Waals surface area contributed by atoms with Crippen molar-refractivity contribution in [1.29, 1.82) is 0 Å². The molecule has 0 saturated carbocycles. The van der Waals surface area contributed by atoms with Crippen LogP contribution < -0.4 is 10.6 Å². The van der Waals surface area contributed by atoms with E-state index in [1.165, 1.54) is 11.1 Å². The molecule has 0 amide bonds. The first-order chi connectivity index (χ1) is 11.3. The first-order valence-electron chi connectivity index (χ1n) is 8.53. The summed E-state index contributed by atoms with van der Waals surface area (Å²) in [4.78, 5) is 4.20. The van der Waals surface area contributed by atoms with Crippen LogP contribution in [0.4, 0.5) is 0 Å². The average Bonchev–Trinajstić information content (AvgIpc) is 2.62. The normalized spacial score (nSPS) is 16.3. The third-order valence-electron chi connectivity index (χ3n) is 3.90. The summed E-state index contributed by atoms with van der Waals surface area (Å²) in [7, 11) is 1.79. The van der Waals surface area contributed by atoms with Gasteiger partial charge in [0.15, 0.2) is 5.96 Å². The smallest absolute Gasteiger partial charge is 0.191 e. The molecule has 5 nitrogen and oxygen atoms in total. The van der Waals surface area contributed by atoms with Crippen LogP contribution in [0.15, 0.2) is 29.3 Å². The molecular weight excluding hydrogens is 290 g/mol.